The molecule has 0 bridgehead atoms. The summed E-state index contributed by atoms with van der Waals surface area (Å²) in [4.78, 5) is 30.2. The van der Waals surface area contributed by atoms with Crippen molar-refractivity contribution in [2.45, 2.75) is 25.0 Å². The predicted octanol–water partition coefficient (Wildman–Crippen LogP) is 1.53. The molecular formula is C19H21N3O4. The van der Waals surface area contributed by atoms with E-state index in [0.29, 0.717) is 18.6 Å². The molecule has 1 saturated heterocycles. The minimum atomic E-state index is -1.45. The van der Waals surface area contributed by atoms with E-state index < -0.39 is 18.0 Å². The van der Waals surface area contributed by atoms with Gasteiger partial charge in [0, 0.05) is 44.0 Å². The van der Waals surface area contributed by atoms with E-state index in [9.17, 15) is 9.59 Å². The van der Waals surface area contributed by atoms with Crippen LogP contribution in [0.15, 0.2) is 54.9 Å². The maximum absolute atomic E-state index is 12.3. The van der Waals surface area contributed by atoms with Crippen molar-refractivity contribution < 1.29 is 19.1 Å². The zero-order valence-corrected chi connectivity index (χ0v) is 14.3. The summed E-state index contributed by atoms with van der Waals surface area (Å²) in [5, 5.41) is 0. The molecule has 26 heavy (non-hydrogen) atoms. The lowest BCUT2D eigenvalue weighted by Crippen LogP contribution is -2.45. The largest absolute Gasteiger partial charge is 0.469 e. The Bertz CT molecular complexity index is 731. The normalized spacial score (nSPS) is 15.9. The van der Waals surface area contributed by atoms with Crippen LogP contribution in [0.3, 0.4) is 0 Å². The SMILES string of the molecule is NC(=O)C(Oc1ccccc1)C(=O)OC1CCN(c2ccncc2)CC1. The van der Waals surface area contributed by atoms with Crippen molar-refractivity contribution in [1.29, 1.82) is 0 Å². The van der Waals surface area contributed by atoms with Crippen molar-refractivity contribution in [2.75, 3.05) is 18.0 Å². The topological polar surface area (TPSA) is 94.8 Å². The molecule has 7 nitrogen and oxygen atoms in total. The van der Waals surface area contributed by atoms with Gasteiger partial charge in [-0.15, -0.1) is 0 Å². The molecule has 2 aromatic rings. The Morgan fingerprint density at radius 2 is 1.73 bits per heavy atom. The van der Waals surface area contributed by atoms with Gasteiger partial charge < -0.3 is 20.1 Å². The number of aromatic nitrogens is 1. The lowest BCUT2D eigenvalue weighted by Gasteiger charge is -2.33. The smallest absolute Gasteiger partial charge is 0.357 e. The Morgan fingerprint density at radius 3 is 2.35 bits per heavy atom. The van der Waals surface area contributed by atoms with E-state index in [1.54, 1.807) is 42.7 Å². The van der Waals surface area contributed by atoms with Crippen LogP contribution in [-0.4, -0.2) is 42.2 Å². The quantitative estimate of drug-likeness (QED) is 0.624. The number of esters is 1. The molecule has 2 N–H and O–H groups in total. The first-order chi connectivity index (χ1) is 12.6. The Morgan fingerprint density at radius 1 is 1.08 bits per heavy atom. The molecule has 0 radical (unpaired) electrons. The van der Waals surface area contributed by atoms with E-state index in [-0.39, 0.29) is 6.10 Å². The Kier molecular flexibility index (Phi) is 5.68. The summed E-state index contributed by atoms with van der Waals surface area (Å²) in [6, 6.07) is 12.5. The van der Waals surface area contributed by atoms with Crippen molar-refractivity contribution >= 4 is 17.6 Å². The number of rotatable bonds is 6. The number of primary amides is 1. The van der Waals surface area contributed by atoms with Gasteiger partial charge in [0.15, 0.2) is 0 Å². The number of ether oxygens (including phenoxy) is 2. The van der Waals surface area contributed by atoms with Crippen LogP contribution in [0.5, 0.6) is 5.75 Å². The van der Waals surface area contributed by atoms with Gasteiger partial charge in [-0.25, -0.2) is 4.79 Å². The lowest BCUT2D eigenvalue weighted by atomic mass is 10.1. The van der Waals surface area contributed by atoms with Crippen molar-refractivity contribution in [3.05, 3.63) is 54.9 Å². The molecule has 7 heteroatoms. The van der Waals surface area contributed by atoms with Crippen molar-refractivity contribution in [3.8, 4) is 5.75 Å². The second-order valence-electron chi connectivity index (χ2n) is 6.04. The van der Waals surface area contributed by atoms with Gasteiger partial charge in [-0.2, -0.15) is 0 Å². The first-order valence-electron chi connectivity index (χ1n) is 8.50. The number of nitrogens with zero attached hydrogens (tertiary/aromatic N) is 2. The molecule has 1 unspecified atom stereocenters. The third-order valence-electron chi connectivity index (χ3n) is 4.22. The van der Waals surface area contributed by atoms with Gasteiger partial charge in [0.25, 0.3) is 12.0 Å². The number of pyridine rings is 1. The number of carbonyl (C=O) groups excluding carboxylic acids is 2. The van der Waals surface area contributed by atoms with Crippen molar-refractivity contribution in [3.63, 3.8) is 0 Å². The first kappa shape index (κ1) is 17.7. The van der Waals surface area contributed by atoms with Gasteiger partial charge in [0.1, 0.15) is 11.9 Å². The van der Waals surface area contributed by atoms with Gasteiger partial charge in [0.05, 0.1) is 0 Å². The van der Waals surface area contributed by atoms with E-state index in [2.05, 4.69) is 9.88 Å². The van der Waals surface area contributed by atoms with Crippen LogP contribution in [0, 0.1) is 0 Å². The molecule has 1 amide bonds. The summed E-state index contributed by atoms with van der Waals surface area (Å²) in [5.41, 5.74) is 6.40. The number of hydrogen-bond donors (Lipinski definition) is 1. The number of amides is 1. The number of nitrogens with two attached hydrogens (primary N) is 1. The molecule has 1 fully saturated rings. The Labute approximate surface area is 151 Å². The van der Waals surface area contributed by atoms with E-state index >= 15 is 0 Å². The number of hydrogen-bond acceptors (Lipinski definition) is 6. The highest BCUT2D eigenvalue weighted by molar-refractivity contribution is 6.00. The third-order valence-corrected chi connectivity index (χ3v) is 4.22. The second-order valence-corrected chi connectivity index (χ2v) is 6.04. The van der Waals surface area contributed by atoms with Crippen LogP contribution in [0.2, 0.25) is 0 Å². The summed E-state index contributed by atoms with van der Waals surface area (Å²) >= 11 is 0. The fourth-order valence-electron chi connectivity index (χ4n) is 2.87. The number of benzene rings is 1. The third kappa shape index (κ3) is 4.50. The Hall–Kier alpha value is -3.09. The molecule has 0 spiro atoms. The summed E-state index contributed by atoms with van der Waals surface area (Å²) in [6.45, 7) is 1.51. The number of carbonyl (C=O) groups is 2. The highest BCUT2D eigenvalue weighted by Crippen LogP contribution is 2.21. The van der Waals surface area contributed by atoms with Crippen LogP contribution in [0.25, 0.3) is 0 Å². The standard InChI is InChI=1S/C19H21N3O4/c20-18(23)17(25-15-4-2-1-3-5-15)19(24)26-16-8-12-22(13-9-16)14-6-10-21-11-7-14/h1-7,10-11,16-17H,8-9,12-13H2,(H2,20,23). The fourth-order valence-corrected chi connectivity index (χ4v) is 2.87. The first-order valence-corrected chi connectivity index (χ1v) is 8.50. The monoisotopic (exact) mass is 355 g/mol. The van der Waals surface area contributed by atoms with Crippen LogP contribution < -0.4 is 15.4 Å². The summed E-state index contributed by atoms with van der Waals surface area (Å²) in [5.74, 6) is -1.22. The average Bonchev–Trinajstić information content (AvgIpc) is 2.68. The molecule has 3 rings (SSSR count). The van der Waals surface area contributed by atoms with Crippen molar-refractivity contribution in [1.82, 2.24) is 4.98 Å². The molecular weight excluding hydrogens is 334 g/mol. The van der Waals surface area contributed by atoms with Crippen molar-refractivity contribution in [2.24, 2.45) is 5.73 Å². The molecule has 1 aliphatic rings. The number of anilines is 1. The van der Waals surface area contributed by atoms with Gasteiger partial charge >= 0.3 is 5.97 Å². The summed E-state index contributed by atoms with van der Waals surface area (Å²) in [6.07, 6.45) is 3.13. The Balaban J connectivity index is 1.54. The number of piperidine rings is 1. The van der Waals surface area contributed by atoms with E-state index in [1.165, 1.54) is 0 Å². The lowest BCUT2D eigenvalue weighted by molar-refractivity contribution is -0.161. The predicted molar refractivity (Wildman–Crippen MR) is 95.6 cm³/mol. The fraction of sp³-hybridized carbons (Fsp3) is 0.316. The molecule has 1 aromatic carbocycles. The molecule has 136 valence electrons. The van der Waals surface area contributed by atoms with Crippen LogP contribution in [0.4, 0.5) is 5.69 Å². The molecule has 0 aliphatic carbocycles. The molecule has 1 atom stereocenters. The molecule has 0 saturated carbocycles. The highest BCUT2D eigenvalue weighted by atomic mass is 16.6. The van der Waals surface area contributed by atoms with Gasteiger partial charge in [-0.3, -0.25) is 9.78 Å². The maximum Gasteiger partial charge on any atom is 0.357 e. The molecule has 1 aliphatic heterocycles. The summed E-state index contributed by atoms with van der Waals surface area (Å²) < 4.78 is 10.9. The average molecular weight is 355 g/mol. The highest BCUT2D eigenvalue weighted by Gasteiger charge is 2.32. The minimum Gasteiger partial charge on any atom is -0.469 e. The molecule has 1 aromatic heterocycles. The van der Waals surface area contributed by atoms with Gasteiger partial charge in [-0.05, 0) is 24.3 Å². The van der Waals surface area contributed by atoms with Gasteiger partial charge in [-0.1, -0.05) is 18.2 Å². The zero-order valence-electron chi connectivity index (χ0n) is 14.3. The second kappa shape index (κ2) is 8.33. The van der Waals surface area contributed by atoms with Gasteiger partial charge in [0.2, 0.25) is 0 Å². The zero-order chi connectivity index (χ0) is 18.4. The minimum absolute atomic E-state index is 0.262. The van der Waals surface area contributed by atoms with E-state index in [1.807, 2.05) is 12.1 Å². The number of para-hydroxylation sites is 1. The summed E-state index contributed by atoms with van der Waals surface area (Å²) in [7, 11) is 0. The van der Waals surface area contributed by atoms with Crippen LogP contribution >= 0.6 is 0 Å². The molecule has 2 heterocycles. The maximum atomic E-state index is 12.3. The van der Waals surface area contributed by atoms with E-state index in [4.69, 9.17) is 15.2 Å². The van der Waals surface area contributed by atoms with Crippen LogP contribution in [0.1, 0.15) is 12.8 Å². The van der Waals surface area contributed by atoms with Crippen LogP contribution in [-0.2, 0) is 14.3 Å². The van der Waals surface area contributed by atoms with E-state index in [0.717, 1.165) is 18.8 Å².